The van der Waals surface area contributed by atoms with Crippen molar-refractivity contribution < 1.29 is 4.74 Å². The first kappa shape index (κ1) is 26.5. The Bertz CT molecular complexity index is 551. The van der Waals surface area contributed by atoms with Crippen LogP contribution in [0.3, 0.4) is 0 Å². The summed E-state index contributed by atoms with van der Waals surface area (Å²) in [4.78, 5) is 0. The van der Waals surface area contributed by atoms with Gasteiger partial charge in [-0.25, -0.2) is 0 Å². The van der Waals surface area contributed by atoms with Crippen molar-refractivity contribution in [3.63, 3.8) is 0 Å². The number of hydrogen-bond donors (Lipinski definition) is 1. The van der Waals surface area contributed by atoms with Crippen molar-refractivity contribution in [1.29, 1.82) is 0 Å². The van der Waals surface area contributed by atoms with Crippen LogP contribution < -0.4 is 5.32 Å². The van der Waals surface area contributed by atoms with Crippen LogP contribution in [-0.2, 0) is 4.74 Å². The number of nitrogens with one attached hydrogen (secondary N) is 1. The third-order valence-electron chi connectivity index (χ3n) is 4.10. The quantitative estimate of drug-likeness (QED) is 0.537. The molecular formula is C24H41NO. The molecule has 0 bridgehead atoms. The molecule has 2 atom stereocenters. The molecule has 0 saturated heterocycles. The van der Waals surface area contributed by atoms with Gasteiger partial charge >= 0.3 is 0 Å². The van der Waals surface area contributed by atoms with E-state index in [0.29, 0.717) is 5.92 Å². The van der Waals surface area contributed by atoms with Gasteiger partial charge in [0.05, 0.1) is 6.04 Å². The number of aryl methyl sites for hydroxylation is 2. The fraction of sp³-hybridized carbons (Fsp3) is 0.583. The second kappa shape index (κ2) is 16.7. The highest BCUT2D eigenvalue weighted by Crippen LogP contribution is 2.25. The van der Waals surface area contributed by atoms with E-state index in [0.717, 1.165) is 6.42 Å². The predicted octanol–water partition coefficient (Wildman–Crippen LogP) is 6.87. The number of rotatable bonds is 7. The average Bonchev–Trinajstić information content (AvgIpc) is 2.64. The van der Waals surface area contributed by atoms with Gasteiger partial charge < -0.3 is 10.1 Å². The molecule has 2 unspecified atom stereocenters. The summed E-state index contributed by atoms with van der Waals surface area (Å²) < 4.78 is 4.25. The Kier molecular flexibility index (Phi) is 17.1. The van der Waals surface area contributed by atoms with Gasteiger partial charge in [-0.05, 0) is 61.9 Å². The van der Waals surface area contributed by atoms with Crippen LogP contribution in [0.1, 0.15) is 70.6 Å². The van der Waals surface area contributed by atoms with E-state index in [4.69, 9.17) is 0 Å². The molecule has 0 fully saturated rings. The van der Waals surface area contributed by atoms with E-state index < -0.39 is 0 Å². The predicted molar refractivity (Wildman–Crippen MR) is 120 cm³/mol. The Labute approximate surface area is 163 Å². The van der Waals surface area contributed by atoms with Crippen molar-refractivity contribution in [2.24, 2.45) is 5.92 Å². The lowest BCUT2D eigenvalue weighted by atomic mass is 9.91. The maximum Gasteiger partial charge on any atom is 0.0905 e. The summed E-state index contributed by atoms with van der Waals surface area (Å²) in [6.45, 7) is 18.6. The van der Waals surface area contributed by atoms with Crippen molar-refractivity contribution >= 4 is 11.8 Å². The Balaban J connectivity index is 0. The molecule has 0 radical (unpaired) electrons. The van der Waals surface area contributed by atoms with Gasteiger partial charge in [-0.3, -0.25) is 0 Å². The first-order chi connectivity index (χ1) is 12.5. The van der Waals surface area contributed by atoms with Gasteiger partial charge in [-0.15, -0.1) is 5.92 Å². The molecular weight excluding hydrogens is 318 g/mol. The Hall–Kier alpha value is -1.72. The molecule has 0 aliphatic heterocycles. The fourth-order valence-electron chi connectivity index (χ4n) is 2.79. The van der Waals surface area contributed by atoms with Gasteiger partial charge in [0, 0.05) is 19.9 Å². The van der Waals surface area contributed by atoms with E-state index in [-0.39, 0.29) is 6.04 Å². The van der Waals surface area contributed by atoms with Crippen LogP contribution >= 0.6 is 0 Å². The van der Waals surface area contributed by atoms with Gasteiger partial charge in [0.25, 0.3) is 0 Å². The third-order valence-corrected chi connectivity index (χ3v) is 4.10. The summed E-state index contributed by atoms with van der Waals surface area (Å²) in [7, 11) is 3.25. The van der Waals surface area contributed by atoms with Crippen LogP contribution in [0.25, 0.3) is 6.08 Å². The van der Waals surface area contributed by atoms with E-state index in [1.807, 2.05) is 26.8 Å². The Morgan fingerprint density at radius 3 is 2.15 bits per heavy atom. The minimum Gasteiger partial charge on any atom is -0.388 e. The van der Waals surface area contributed by atoms with Gasteiger partial charge in [-0.1, -0.05) is 59.1 Å². The molecule has 1 N–H and O–H groups in total. The molecule has 148 valence electrons. The number of methoxy groups -OCH3 is 1. The zero-order chi connectivity index (χ0) is 20.5. The summed E-state index contributed by atoms with van der Waals surface area (Å²) in [6.07, 6.45) is 5.49. The van der Waals surface area contributed by atoms with Crippen LogP contribution in [0.15, 0.2) is 18.7 Å². The minimum absolute atomic E-state index is 0.229. The number of anilines is 1. The first-order valence-electron chi connectivity index (χ1n) is 9.81. The molecule has 1 aromatic rings. The van der Waals surface area contributed by atoms with E-state index in [1.54, 1.807) is 14.2 Å². The third kappa shape index (κ3) is 9.68. The number of ether oxygens (including phenoxy) is 1. The van der Waals surface area contributed by atoms with Crippen LogP contribution in [0.4, 0.5) is 5.69 Å². The highest BCUT2D eigenvalue weighted by molar-refractivity contribution is 5.63. The van der Waals surface area contributed by atoms with E-state index in [9.17, 15) is 0 Å². The molecule has 2 heteroatoms. The monoisotopic (exact) mass is 359 g/mol. The maximum absolute atomic E-state index is 4.25. The maximum atomic E-state index is 4.25. The minimum atomic E-state index is 0.229. The van der Waals surface area contributed by atoms with E-state index in [2.05, 4.69) is 68.3 Å². The molecule has 26 heavy (non-hydrogen) atoms. The van der Waals surface area contributed by atoms with Crippen molar-refractivity contribution in [3.8, 4) is 11.8 Å². The molecule has 0 amide bonds. The fourth-order valence-corrected chi connectivity index (χ4v) is 2.79. The molecule has 2 nitrogen and oxygen atoms in total. The second-order valence-electron chi connectivity index (χ2n) is 6.11. The van der Waals surface area contributed by atoms with Crippen molar-refractivity contribution in [3.05, 3.63) is 35.4 Å². The van der Waals surface area contributed by atoms with Gasteiger partial charge in [-0.2, -0.15) is 0 Å². The van der Waals surface area contributed by atoms with Crippen molar-refractivity contribution in [1.82, 2.24) is 0 Å². The lowest BCUT2D eigenvalue weighted by Gasteiger charge is -2.25. The molecule has 0 heterocycles. The van der Waals surface area contributed by atoms with Crippen molar-refractivity contribution in [2.45, 2.75) is 73.8 Å². The lowest BCUT2D eigenvalue weighted by Crippen LogP contribution is -2.27. The molecule has 0 saturated carbocycles. The first-order valence-corrected chi connectivity index (χ1v) is 9.81. The van der Waals surface area contributed by atoms with Crippen LogP contribution in [0, 0.1) is 31.6 Å². The van der Waals surface area contributed by atoms with Crippen molar-refractivity contribution in [2.75, 3.05) is 19.5 Å². The SMILES string of the molecule is C=Cc1cc(C)c(NC(C#CC)C(CC)CCC)cc1C.CC.COC. The average molecular weight is 360 g/mol. The summed E-state index contributed by atoms with van der Waals surface area (Å²) in [6, 6.07) is 4.64. The standard InChI is InChI=1S/C20H29N.C2H6O.C2H6/c1-7-11-17(9-3)19(12-8-2)21-20-14-15(5)18(10-4)13-16(20)6;1-3-2;1-2/h10,13-14,17,19,21H,4,7,9,11H2,1-3,5-6H3;1-2H3;1-2H3. The molecule has 0 spiro atoms. The largest absolute Gasteiger partial charge is 0.388 e. The van der Waals surface area contributed by atoms with Crippen LogP contribution in [0.2, 0.25) is 0 Å². The number of benzene rings is 1. The molecule has 0 aliphatic rings. The Morgan fingerprint density at radius 2 is 1.73 bits per heavy atom. The summed E-state index contributed by atoms with van der Waals surface area (Å²) in [5, 5.41) is 3.67. The van der Waals surface area contributed by atoms with E-state index in [1.165, 1.54) is 35.2 Å². The Morgan fingerprint density at radius 1 is 1.15 bits per heavy atom. The topological polar surface area (TPSA) is 21.3 Å². The zero-order valence-corrected chi connectivity index (χ0v) is 18.6. The van der Waals surface area contributed by atoms with Crippen LogP contribution in [0.5, 0.6) is 0 Å². The molecule has 0 aromatic heterocycles. The molecule has 1 aromatic carbocycles. The molecule has 1 rings (SSSR count). The highest BCUT2D eigenvalue weighted by atomic mass is 16.4. The summed E-state index contributed by atoms with van der Waals surface area (Å²) in [5.74, 6) is 7.05. The highest BCUT2D eigenvalue weighted by Gasteiger charge is 2.18. The number of hydrogen-bond acceptors (Lipinski definition) is 2. The van der Waals surface area contributed by atoms with Gasteiger partial charge in [0.1, 0.15) is 0 Å². The summed E-state index contributed by atoms with van der Waals surface area (Å²) >= 11 is 0. The van der Waals surface area contributed by atoms with Gasteiger partial charge in [0.2, 0.25) is 0 Å². The lowest BCUT2D eigenvalue weighted by molar-refractivity contribution is 0.277. The van der Waals surface area contributed by atoms with Gasteiger partial charge in [0.15, 0.2) is 0 Å². The van der Waals surface area contributed by atoms with E-state index >= 15 is 0 Å². The normalized spacial score (nSPS) is 11.4. The summed E-state index contributed by atoms with van der Waals surface area (Å²) in [5.41, 5.74) is 4.91. The second-order valence-corrected chi connectivity index (χ2v) is 6.11. The molecule has 0 aliphatic carbocycles. The smallest absolute Gasteiger partial charge is 0.0905 e. The van der Waals surface area contributed by atoms with Crippen LogP contribution in [-0.4, -0.2) is 20.3 Å². The zero-order valence-electron chi connectivity index (χ0n) is 18.6.